The van der Waals surface area contributed by atoms with Gasteiger partial charge in [-0.3, -0.25) is 19.1 Å². The van der Waals surface area contributed by atoms with Crippen LogP contribution in [-0.4, -0.2) is 20.4 Å². The Labute approximate surface area is 195 Å². The van der Waals surface area contributed by atoms with Gasteiger partial charge in [0.2, 0.25) is 0 Å². The molecule has 0 aliphatic heterocycles. The van der Waals surface area contributed by atoms with Crippen molar-refractivity contribution in [2.75, 3.05) is 5.32 Å². The third-order valence-electron chi connectivity index (χ3n) is 5.38. The molecule has 1 aliphatic carbocycles. The summed E-state index contributed by atoms with van der Waals surface area (Å²) in [4.78, 5) is 34.6. The minimum Gasteiger partial charge on any atom is -0.322 e. The molecule has 5 rings (SSSR count). The number of carbonyl (C=O) groups excluding carboxylic acids is 1. The number of amides is 1. The molecule has 2 aromatic heterocycles. The third kappa shape index (κ3) is 4.52. The summed E-state index contributed by atoms with van der Waals surface area (Å²) in [5.41, 5.74) is 2.56. The van der Waals surface area contributed by atoms with E-state index in [4.69, 9.17) is 16.6 Å². The third-order valence-corrected chi connectivity index (χ3v) is 5.63. The van der Waals surface area contributed by atoms with Gasteiger partial charge in [0.15, 0.2) is 0 Å². The summed E-state index contributed by atoms with van der Waals surface area (Å²) in [7, 11) is 0. The van der Waals surface area contributed by atoms with Gasteiger partial charge in [0.25, 0.3) is 11.5 Å². The van der Waals surface area contributed by atoms with Crippen LogP contribution < -0.4 is 10.9 Å². The maximum Gasteiger partial charge on any atom is 0.261 e. The fraction of sp³-hybridized carbons (Fsp3) is 0.167. The lowest BCUT2D eigenvalue weighted by Crippen LogP contribution is -2.26. The predicted octanol–water partition coefficient (Wildman–Crippen LogP) is 5.04. The number of rotatable bonds is 5. The van der Waals surface area contributed by atoms with Gasteiger partial charge in [0.05, 0.1) is 17.4 Å². The van der Waals surface area contributed by atoms with Gasteiger partial charge < -0.3 is 5.32 Å². The summed E-state index contributed by atoms with van der Waals surface area (Å²) < 4.78 is 1.75. The molecule has 0 radical (unpaired) electrons. The lowest BCUT2D eigenvalue weighted by molar-refractivity contribution is 0.102. The zero-order valence-electron chi connectivity index (χ0n) is 17.0. The highest BCUT2D eigenvalue weighted by molar-refractivity contribution is 6.30. The quantitative estimate of drug-likeness (QED) is 0.446. The average molecular weight is 467 g/mol. The fourth-order valence-corrected chi connectivity index (χ4v) is 3.73. The maximum absolute atomic E-state index is 13.4. The number of benzene rings is 2. The van der Waals surface area contributed by atoms with Crippen LogP contribution in [0.15, 0.2) is 71.8 Å². The first-order valence-corrected chi connectivity index (χ1v) is 10.5. The highest BCUT2D eigenvalue weighted by Crippen LogP contribution is 2.39. The molecule has 0 spiro atoms. The Morgan fingerprint density at radius 2 is 1.78 bits per heavy atom. The van der Waals surface area contributed by atoms with E-state index >= 15 is 0 Å². The molecular weight excluding hydrogens is 447 g/mol. The number of aromatic nitrogens is 3. The molecule has 1 amide bonds. The van der Waals surface area contributed by atoms with Gasteiger partial charge in [-0.05, 0) is 60.9 Å². The average Bonchev–Trinajstić information content (AvgIpc) is 3.63. The standard InChI is InChI=1S/C24H19ClN4O2.ClH/c25-18-5-1-15(2-6-18)14-29-22(16-3-4-16)28-21-8-7-19(13-20(21)24(29)31)27-23(30)17-9-11-26-12-10-17;/h1-2,5-13,16H,3-4,14H2,(H,27,30);1H. The molecule has 8 heteroatoms. The first-order chi connectivity index (χ1) is 15.1. The maximum atomic E-state index is 13.4. The summed E-state index contributed by atoms with van der Waals surface area (Å²) in [6.07, 6.45) is 5.21. The van der Waals surface area contributed by atoms with Gasteiger partial charge in [0, 0.05) is 34.6 Å². The summed E-state index contributed by atoms with van der Waals surface area (Å²) in [5, 5.41) is 3.98. The van der Waals surface area contributed by atoms with E-state index in [1.807, 2.05) is 24.3 Å². The number of carbonyl (C=O) groups is 1. The Hall–Kier alpha value is -3.22. The van der Waals surface area contributed by atoms with Crippen LogP contribution in [0.25, 0.3) is 10.9 Å². The molecule has 0 unspecified atom stereocenters. The van der Waals surface area contributed by atoms with Crippen molar-refractivity contribution in [3.8, 4) is 0 Å². The lowest BCUT2D eigenvalue weighted by atomic mass is 10.1. The van der Waals surface area contributed by atoms with Crippen molar-refractivity contribution in [1.82, 2.24) is 14.5 Å². The van der Waals surface area contributed by atoms with Gasteiger partial charge in [-0.15, -0.1) is 12.4 Å². The molecule has 1 N–H and O–H groups in total. The number of anilines is 1. The molecule has 6 nitrogen and oxygen atoms in total. The topological polar surface area (TPSA) is 76.9 Å². The molecule has 0 atom stereocenters. The Kier molecular flexibility index (Phi) is 6.26. The van der Waals surface area contributed by atoms with E-state index in [-0.39, 0.29) is 23.9 Å². The monoisotopic (exact) mass is 466 g/mol. The van der Waals surface area contributed by atoms with Gasteiger partial charge in [0.1, 0.15) is 5.82 Å². The Bertz CT molecular complexity index is 1330. The number of nitrogens with one attached hydrogen (secondary N) is 1. The molecule has 1 aliphatic rings. The second-order valence-electron chi connectivity index (χ2n) is 7.68. The van der Waals surface area contributed by atoms with Crippen molar-refractivity contribution in [2.24, 2.45) is 0 Å². The fourth-order valence-electron chi connectivity index (χ4n) is 3.60. The summed E-state index contributed by atoms with van der Waals surface area (Å²) >= 11 is 6.00. The van der Waals surface area contributed by atoms with Crippen LogP contribution in [0.3, 0.4) is 0 Å². The second-order valence-corrected chi connectivity index (χ2v) is 8.12. The smallest absolute Gasteiger partial charge is 0.261 e. The number of hydrogen-bond acceptors (Lipinski definition) is 4. The van der Waals surface area contributed by atoms with Crippen molar-refractivity contribution < 1.29 is 4.79 Å². The Morgan fingerprint density at radius 3 is 2.47 bits per heavy atom. The first kappa shape index (κ1) is 22.0. The SMILES string of the molecule is Cl.O=C(Nc1ccc2nc(C3CC3)n(Cc3ccc(Cl)cc3)c(=O)c2c1)c1ccncc1. The molecule has 1 saturated carbocycles. The highest BCUT2D eigenvalue weighted by atomic mass is 35.5. The van der Waals surface area contributed by atoms with Crippen LogP contribution >= 0.6 is 24.0 Å². The minimum absolute atomic E-state index is 0. The number of nitrogens with zero attached hydrogens (tertiary/aromatic N) is 3. The van der Waals surface area contributed by atoms with Crippen LogP contribution in [0.4, 0.5) is 5.69 Å². The molecule has 2 heterocycles. The van der Waals surface area contributed by atoms with Crippen LogP contribution in [0.1, 0.15) is 40.5 Å². The molecule has 4 aromatic rings. The van der Waals surface area contributed by atoms with E-state index in [0.29, 0.717) is 39.6 Å². The molecule has 162 valence electrons. The van der Waals surface area contributed by atoms with Gasteiger partial charge >= 0.3 is 0 Å². The van der Waals surface area contributed by atoms with E-state index in [1.54, 1.807) is 47.3 Å². The minimum atomic E-state index is -0.259. The van der Waals surface area contributed by atoms with Crippen molar-refractivity contribution >= 4 is 46.5 Å². The van der Waals surface area contributed by atoms with E-state index in [0.717, 1.165) is 24.2 Å². The normalized spacial score (nSPS) is 12.9. The van der Waals surface area contributed by atoms with Gasteiger partial charge in [-0.2, -0.15) is 0 Å². The van der Waals surface area contributed by atoms with Crippen LogP contribution in [0.2, 0.25) is 5.02 Å². The Balaban J connectivity index is 0.00000245. The number of halogens is 2. The summed E-state index contributed by atoms with van der Waals surface area (Å²) in [5.74, 6) is 0.877. The van der Waals surface area contributed by atoms with Crippen molar-refractivity contribution in [1.29, 1.82) is 0 Å². The second kappa shape index (κ2) is 9.10. The van der Waals surface area contributed by atoms with Crippen LogP contribution in [0.5, 0.6) is 0 Å². The Morgan fingerprint density at radius 1 is 1.06 bits per heavy atom. The van der Waals surface area contributed by atoms with Crippen LogP contribution in [-0.2, 0) is 6.54 Å². The number of hydrogen-bond donors (Lipinski definition) is 1. The molecule has 0 saturated heterocycles. The molecule has 1 fully saturated rings. The van der Waals surface area contributed by atoms with E-state index in [1.165, 1.54) is 0 Å². The summed E-state index contributed by atoms with van der Waals surface area (Å²) in [6, 6.07) is 16.0. The van der Waals surface area contributed by atoms with Crippen LogP contribution in [0, 0.1) is 0 Å². The lowest BCUT2D eigenvalue weighted by Gasteiger charge is -2.14. The largest absolute Gasteiger partial charge is 0.322 e. The number of pyridine rings is 1. The first-order valence-electron chi connectivity index (χ1n) is 10.1. The van der Waals surface area contributed by atoms with E-state index in [9.17, 15) is 9.59 Å². The molecule has 2 aromatic carbocycles. The molecule has 32 heavy (non-hydrogen) atoms. The van der Waals surface area contributed by atoms with Crippen molar-refractivity contribution in [2.45, 2.75) is 25.3 Å². The predicted molar refractivity (Wildman–Crippen MR) is 128 cm³/mol. The zero-order chi connectivity index (χ0) is 21.4. The van der Waals surface area contributed by atoms with Crippen molar-refractivity contribution in [3.05, 3.63) is 99.3 Å². The number of fused-ring (bicyclic) bond motifs is 1. The van der Waals surface area contributed by atoms with E-state index in [2.05, 4.69) is 10.3 Å². The zero-order valence-corrected chi connectivity index (χ0v) is 18.6. The van der Waals surface area contributed by atoms with E-state index < -0.39 is 0 Å². The van der Waals surface area contributed by atoms with Gasteiger partial charge in [-0.1, -0.05) is 23.7 Å². The van der Waals surface area contributed by atoms with Gasteiger partial charge in [-0.25, -0.2) is 4.98 Å². The molecule has 0 bridgehead atoms. The summed E-state index contributed by atoms with van der Waals surface area (Å²) in [6.45, 7) is 0.429. The highest BCUT2D eigenvalue weighted by Gasteiger charge is 2.29. The van der Waals surface area contributed by atoms with Crippen molar-refractivity contribution in [3.63, 3.8) is 0 Å². The molecular formula is C24H20Cl2N4O2.